The second-order valence-electron chi connectivity index (χ2n) is 7.52. The Hall–Kier alpha value is -3.09. The van der Waals surface area contributed by atoms with Crippen LogP contribution in [0.3, 0.4) is 0 Å². The maximum atomic E-state index is 12.7. The van der Waals surface area contributed by atoms with Crippen LogP contribution in [0.5, 0.6) is 0 Å². The Morgan fingerprint density at radius 2 is 1.69 bits per heavy atom. The Balaban J connectivity index is 1.51. The van der Waals surface area contributed by atoms with E-state index in [0.29, 0.717) is 19.6 Å². The van der Waals surface area contributed by atoms with Crippen molar-refractivity contribution in [1.29, 1.82) is 0 Å². The van der Waals surface area contributed by atoms with Crippen molar-refractivity contribution in [2.24, 2.45) is 5.92 Å². The Kier molecular flexibility index (Phi) is 7.05. The minimum absolute atomic E-state index is 0.0201. The summed E-state index contributed by atoms with van der Waals surface area (Å²) in [4.78, 5) is 33.6. The van der Waals surface area contributed by atoms with Crippen LogP contribution in [0.15, 0.2) is 54.7 Å². The van der Waals surface area contributed by atoms with Gasteiger partial charge in [-0.3, -0.25) is 9.78 Å². The number of amides is 3. The van der Waals surface area contributed by atoms with Crippen molar-refractivity contribution >= 4 is 17.6 Å². The zero-order valence-electron chi connectivity index (χ0n) is 17.0. The minimum atomic E-state index is -0.585. The standard InChI is InChI=1S/C22H29N5O2/c1-17(2)20(21(28)24-16-18-8-6-7-11-23-18)25-22(29)27-14-12-26(13-15-27)19-9-4-3-5-10-19/h3-11,17,20H,12-16H2,1-2H3,(H,24,28)(H,25,29)/t20-/m1/s1. The molecule has 0 radical (unpaired) electrons. The number of urea groups is 1. The van der Waals surface area contributed by atoms with E-state index in [4.69, 9.17) is 0 Å². The van der Waals surface area contributed by atoms with Gasteiger partial charge >= 0.3 is 6.03 Å². The highest BCUT2D eigenvalue weighted by atomic mass is 16.2. The molecule has 3 rings (SSSR count). The van der Waals surface area contributed by atoms with Gasteiger partial charge < -0.3 is 20.4 Å². The molecule has 1 aromatic carbocycles. The van der Waals surface area contributed by atoms with E-state index in [0.717, 1.165) is 18.8 Å². The number of benzene rings is 1. The maximum Gasteiger partial charge on any atom is 0.318 e. The Morgan fingerprint density at radius 3 is 2.31 bits per heavy atom. The number of para-hydroxylation sites is 1. The molecular weight excluding hydrogens is 366 g/mol. The first-order valence-corrected chi connectivity index (χ1v) is 10.1. The van der Waals surface area contributed by atoms with Crippen LogP contribution in [0.25, 0.3) is 0 Å². The lowest BCUT2D eigenvalue weighted by Gasteiger charge is -2.37. The van der Waals surface area contributed by atoms with Crippen LogP contribution >= 0.6 is 0 Å². The minimum Gasteiger partial charge on any atom is -0.368 e. The van der Waals surface area contributed by atoms with Gasteiger partial charge in [-0.05, 0) is 30.2 Å². The van der Waals surface area contributed by atoms with E-state index in [2.05, 4.69) is 32.7 Å². The molecule has 154 valence electrons. The number of hydrogen-bond donors (Lipinski definition) is 2. The van der Waals surface area contributed by atoms with Crippen molar-refractivity contribution in [1.82, 2.24) is 20.5 Å². The topological polar surface area (TPSA) is 77.6 Å². The van der Waals surface area contributed by atoms with Crippen LogP contribution in [0.1, 0.15) is 19.5 Å². The van der Waals surface area contributed by atoms with Crippen molar-refractivity contribution < 1.29 is 9.59 Å². The Bertz CT molecular complexity index is 789. The fourth-order valence-corrected chi connectivity index (χ4v) is 3.36. The molecule has 1 saturated heterocycles. The largest absolute Gasteiger partial charge is 0.368 e. The van der Waals surface area contributed by atoms with Gasteiger partial charge in [0, 0.05) is 38.1 Å². The van der Waals surface area contributed by atoms with Gasteiger partial charge in [-0.1, -0.05) is 38.1 Å². The van der Waals surface area contributed by atoms with Gasteiger partial charge in [-0.25, -0.2) is 4.79 Å². The van der Waals surface area contributed by atoms with Crippen LogP contribution in [-0.4, -0.2) is 54.0 Å². The lowest BCUT2D eigenvalue weighted by atomic mass is 10.0. The number of piperazine rings is 1. The zero-order valence-corrected chi connectivity index (χ0v) is 17.0. The molecular formula is C22H29N5O2. The van der Waals surface area contributed by atoms with Crippen molar-refractivity contribution in [3.63, 3.8) is 0 Å². The summed E-state index contributed by atoms with van der Waals surface area (Å²) in [5.41, 5.74) is 1.95. The number of carbonyl (C=O) groups is 2. The van der Waals surface area contributed by atoms with Crippen molar-refractivity contribution in [2.75, 3.05) is 31.1 Å². The van der Waals surface area contributed by atoms with Crippen LogP contribution < -0.4 is 15.5 Å². The molecule has 1 aliphatic heterocycles. The van der Waals surface area contributed by atoms with E-state index in [1.165, 1.54) is 5.69 Å². The van der Waals surface area contributed by atoms with E-state index in [1.807, 2.05) is 50.2 Å². The molecule has 2 heterocycles. The maximum absolute atomic E-state index is 12.7. The molecule has 1 aromatic heterocycles. The molecule has 29 heavy (non-hydrogen) atoms. The van der Waals surface area contributed by atoms with Crippen molar-refractivity contribution in [3.05, 3.63) is 60.4 Å². The fraction of sp³-hybridized carbons (Fsp3) is 0.409. The number of anilines is 1. The highest BCUT2D eigenvalue weighted by Gasteiger charge is 2.28. The van der Waals surface area contributed by atoms with Gasteiger partial charge in [-0.15, -0.1) is 0 Å². The van der Waals surface area contributed by atoms with Crippen molar-refractivity contribution in [2.45, 2.75) is 26.4 Å². The van der Waals surface area contributed by atoms with E-state index in [-0.39, 0.29) is 17.9 Å². The van der Waals surface area contributed by atoms with Gasteiger partial charge in [-0.2, -0.15) is 0 Å². The predicted octanol–water partition coefficient (Wildman–Crippen LogP) is 2.25. The molecule has 1 atom stereocenters. The van der Waals surface area contributed by atoms with Crippen LogP contribution in [0.4, 0.5) is 10.5 Å². The molecule has 1 fully saturated rings. The quantitative estimate of drug-likeness (QED) is 0.787. The highest BCUT2D eigenvalue weighted by Crippen LogP contribution is 2.15. The van der Waals surface area contributed by atoms with E-state index in [9.17, 15) is 9.59 Å². The summed E-state index contributed by atoms with van der Waals surface area (Å²) in [6, 6.07) is 15.0. The molecule has 0 unspecified atom stereocenters. The van der Waals surface area contributed by atoms with Crippen molar-refractivity contribution in [3.8, 4) is 0 Å². The predicted molar refractivity (Wildman–Crippen MR) is 113 cm³/mol. The summed E-state index contributed by atoms with van der Waals surface area (Å²) < 4.78 is 0. The van der Waals surface area contributed by atoms with Gasteiger partial charge in [0.05, 0.1) is 12.2 Å². The number of carbonyl (C=O) groups excluding carboxylic acids is 2. The van der Waals surface area contributed by atoms with Crippen LogP contribution in [-0.2, 0) is 11.3 Å². The molecule has 7 nitrogen and oxygen atoms in total. The molecule has 2 N–H and O–H groups in total. The summed E-state index contributed by atoms with van der Waals surface area (Å²) in [6.45, 7) is 7.00. The average molecular weight is 396 g/mol. The first-order valence-electron chi connectivity index (χ1n) is 10.1. The summed E-state index contributed by atoms with van der Waals surface area (Å²) in [5, 5.41) is 5.79. The fourth-order valence-electron chi connectivity index (χ4n) is 3.36. The van der Waals surface area contributed by atoms with Gasteiger partial charge in [0.1, 0.15) is 6.04 Å². The third-order valence-corrected chi connectivity index (χ3v) is 5.09. The second-order valence-corrected chi connectivity index (χ2v) is 7.52. The molecule has 2 aromatic rings. The summed E-state index contributed by atoms with van der Waals surface area (Å²) in [7, 11) is 0. The summed E-state index contributed by atoms with van der Waals surface area (Å²) in [6.07, 6.45) is 1.69. The molecule has 3 amide bonds. The second kappa shape index (κ2) is 9.91. The van der Waals surface area contributed by atoms with E-state index < -0.39 is 6.04 Å². The third kappa shape index (κ3) is 5.70. The van der Waals surface area contributed by atoms with E-state index >= 15 is 0 Å². The summed E-state index contributed by atoms with van der Waals surface area (Å²) in [5.74, 6) is -0.213. The SMILES string of the molecule is CC(C)[C@@H](NC(=O)N1CCN(c2ccccc2)CC1)C(=O)NCc1ccccn1. The number of hydrogen-bond acceptors (Lipinski definition) is 4. The van der Waals surface area contributed by atoms with Gasteiger partial charge in [0.15, 0.2) is 0 Å². The Labute approximate surface area is 172 Å². The number of rotatable bonds is 6. The molecule has 1 aliphatic rings. The lowest BCUT2D eigenvalue weighted by molar-refractivity contribution is -0.124. The number of pyridine rings is 1. The first kappa shape index (κ1) is 20.6. The average Bonchev–Trinajstić information content (AvgIpc) is 2.77. The Morgan fingerprint density at radius 1 is 1.00 bits per heavy atom. The van der Waals surface area contributed by atoms with Gasteiger partial charge in [0.2, 0.25) is 5.91 Å². The number of aromatic nitrogens is 1. The van der Waals surface area contributed by atoms with Gasteiger partial charge in [0.25, 0.3) is 0 Å². The molecule has 0 bridgehead atoms. The normalized spacial score (nSPS) is 15.1. The summed E-state index contributed by atoms with van der Waals surface area (Å²) >= 11 is 0. The molecule has 0 spiro atoms. The lowest BCUT2D eigenvalue weighted by Crippen LogP contribution is -2.57. The molecule has 0 saturated carbocycles. The highest BCUT2D eigenvalue weighted by molar-refractivity contribution is 5.87. The molecule has 7 heteroatoms. The number of nitrogens with zero attached hydrogens (tertiary/aromatic N) is 3. The monoisotopic (exact) mass is 395 g/mol. The van der Waals surface area contributed by atoms with E-state index in [1.54, 1.807) is 11.1 Å². The number of nitrogens with one attached hydrogen (secondary N) is 2. The van der Waals surface area contributed by atoms with Crippen LogP contribution in [0, 0.1) is 5.92 Å². The smallest absolute Gasteiger partial charge is 0.318 e. The zero-order chi connectivity index (χ0) is 20.6. The van der Waals surface area contributed by atoms with Crippen LogP contribution in [0.2, 0.25) is 0 Å². The first-order chi connectivity index (χ1) is 14.0. The molecule has 0 aliphatic carbocycles. The third-order valence-electron chi connectivity index (χ3n) is 5.09.